The van der Waals surface area contributed by atoms with Crippen LogP contribution < -0.4 is 5.32 Å². The Hall–Kier alpha value is -0.530. The molecule has 0 spiro atoms. The van der Waals surface area contributed by atoms with Crippen LogP contribution in [0.25, 0.3) is 0 Å². The van der Waals surface area contributed by atoms with Crippen LogP contribution in [-0.4, -0.2) is 11.9 Å². The summed E-state index contributed by atoms with van der Waals surface area (Å²) in [4.78, 5) is 10.5. The molecule has 2 atom stereocenters. The lowest BCUT2D eigenvalue weighted by Crippen LogP contribution is -2.46. The quantitative estimate of drug-likeness (QED) is 0.641. The van der Waals surface area contributed by atoms with Crippen LogP contribution in [0, 0.1) is 5.92 Å². The molecule has 0 aromatic rings. The second-order valence-corrected chi connectivity index (χ2v) is 3.96. The van der Waals surface area contributed by atoms with Gasteiger partial charge in [0.1, 0.15) is 0 Å². The van der Waals surface area contributed by atoms with Gasteiger partial charge in [-0.15, -0.1) is 0 Å². The Morgan fingerprint density at radius 3 is 2.83 bits per heavy atom. The Bertz CT molecular complexity index is 158. The average Bonchev–Trinajstić information content (AvgIpc) is 2.35. The van der Waals surface area contributed by atoms with E-state index in [1.807, 2.05) is 0 Å². The summed E-state index contributed by atoms with van der Waals surface area (Å²) in [6.07, 6.45) is 6.86. The van der Waals surface area contributed by atoms with Gasteiger partial charge in [0.15, 0.2) is 0 Å². The van der Waals surface area contributed by atoms with Gasteiger partial charge in [0.25, 0.3) is 0 Å². The highest BCUT2D eigenvalue weighted by Gasteiger charge is 2.38. The zero-order valence-electron chi connectivity index (χ0n) is 8.10. The molecule has 1 amide bonds. The fourth-order valence-electron chi connectivity index (χ4n) is 2.47. The van der Waals surface area contributed by atoms with Crippen molar-refractivity contribution in [1.29, 1.82) is 0 Å². The van der Waals surface area contributed by atoms with E-state index < -0.39 is 0 Å². The molecule has 2 nitrogen and oxygen atoms in total. The van der Waals surface area contributed by atoms with Gasteiger partial charge in [0, 0.05) is 5.54 Å². The second kappa shape index (κ2) is 3.92. The maximum atomic E-state index is 10.5. The van der Waals surface area contributed by atoms with Gasteiger partial charge < -0.3 is 5.32 Å². The maximum absolute atomic E-state index is 10.5. The normalized spacial score (nSPS) is 35.0. The molecular formula is C10H19NO. The summed E-state index contributed by atoms with van der Waals surface area (Å²) in [5.74, 6) is 0.655. The van der Waals surface area contributed by atoms with Crippen LogP contribution in [0.5, 0.6) is 0 Å². The molecule has 1 fully saturated rings. The molecular weight excluding hydrogens is 150 g/mol. The molecule has 1 aliphatic carbocycles. The molecule has 1 N–H and O–H groups in total. The van der Waals surface area contributed by atoms with Crippen molar-refractivity contribution >= 4 is 6.41 Å². The van der Waals surface area contributed by atoms with E-state index in [-0.39, 0.29) is 5.54 Å². The van der Waals surface area contributed by atoms with Gasteiger partial charge in [-0.2, -0.15) is 0 Å². The van der Waals surface area contributed by atoms with E-state index in [0.29, 0.717) is 5.92 Å². The number of rotatable bonds is 4. The Morgan fingerprint density at radius 1 is 1.67 bits per heavy atom. The molecule has 70 valence electrons. The van der Waals surface area contributed by atoms with E-state index in [4.69, 9.17) is 0 Å². The van der Waals surface area contributed by atoms with Crippen LogP contribution in [0.2, 0.25) is 0 Å². The van der Waals surface area contributed by atoms with Crippen molar-refractivity contribution in [2.45, 2.75) is 51.5 Å². The molecule has 1 rings (SSSR count). The Labute approximate surface area is 74.7 Å². The standard InChI is InChI=1S/C10H19NO/c1-3-6-10(11-8-12)7-4-5-9(10)2/h8-9H,3-7H2,1-2H3,(H,11,12). The van der Waals surface area contributed by atoms with Crippen molar-refractivity contribution < 1.29 is 4.79 Å². The van der Waals surface area contributed by atoms with Crippen molar-refractivity contribution in [3.05, 3.63) is 0 Å². The maximum Gasteiger partial charge on any atom is 0.207 e. The second-order valence-electron chi connectivity index (χ2n) is 3.96. The lowest BCUT2D eigenvalue weighted by molar-refractivity contribution is -0.111. The van der Waals surface area contributed by atoms with Crippen LogP contribution in [0.15, 0.2) is 0 Å². The molecule has 0 aromatic heterocycles. The van der Waals surface area contributed by atoms with Crippen LogP contribution >= 0.6 is 0 Å². The minimum atomic E-state index is 0.135. The summed E-state index contributed by atoms with van der Waals surface area (Å²) >= 11 is 0. The predicted octanol–water partition coefficient (Wildman–Crippen LogP) is 2.09. The van der Waals surface area contributed by atoms with E-state index in [9.17, 15) is 4.79 Å². The molecule has 0 radical (unpaired) electrons. The topological polar surface area (TPSA) is 29.1 Å². The SMILES string of the molecule is CCCC1(NC=O)CCCC1C. The van der Waals surface area contributed by atoms with Gasteiger partial charge in [-0.1, -0.05) is 26.7 Å². The number of carbonyl (C=O) groups is 1. The fourth-order valence-corrected chi connectivity index (χ4v) is 2.47. The summed E-state index contributed by atoms with van der Waals surface area (Å²) in [5, 5.41) is 3.03. The van der Waals surface area contributed by atoms with Gasteiger partial charge in [-0.25, -0.2) is 0 Å². The highest BCUT2D eigenvalue weighted by molar-refractivity contribution is 5.48. The van der Waals surface area contributed by atoms with E-state index in [0.717, 1.165) is 19.3 Å². The molecule has 2 heteroatoms. The van der Waals surface area contributed by atoms with Crippen molar-refractivity contribution in [3.63, 3.8) is 0 Å². The lowest BCUT2D eigenvalue weighted by Gasteiger charge is -2.33. The summed E-state index contributed by atoms with van der Waals surface area (Å²) in [7, 11) is 0. The van der Waals surface area contributed by atoms with Crippen molar-refractivity contribution in [2.75, 3.05) is 0 Å². The molecule has 0 bridgehead atoms. The third-order valence-corrected chi connectivity index (χ3v) is 3.25. The number of amides is 1. The van der Waals surface area contributed by atoms with Gasteiger partial charge in [-0.3, -0.25) is 4.79 Å². The third-order valence-electron chi connectivity index (χ3n) is 3.25. The molecule has 1 aliphatic rings. The zero-order chi connectivity index (χ0) is 9.03. The highest BCUT2D eigenvalue weighted by atomic mass is 16.1. The van der Waals surface area contributed by atoms with Crippen LogP contribution in [0.4, 0.5) is 0 Å². The van der Waals surface area contributed by atoms with Crippen molar-refractivity contribution in [1.82, 2.24) is 5.32 Å². The molecule has 0 heterocycles. The number of hydrogen-bond donors (Lipinski definition) is 1. The van der Waals surface area contributed by atoms with Crippen LogP contribution in [0.3, 0.4) is 0 Å². The van der Waals surface area contributed by atoms with Crippen molar-refractivity contribution in [3.8, 4) is 0 Å². The first-order valence-corrected chi connectivity index (χ1v) is 4.96. The molecule has 1 saturated carbocycles. The molecule has 0 aromatic carbocycles. The van der Waals surface area contributed by atoms with Gasteiger partial charge in [-0.05, 0) is 25.2 Å². The number of carbonyl (C=O) groups excluding carboxylic acids is 1. The van der Waals surface area contributed by atoms with Crippen molar-refractivity contribution in [2.24, 2.45) is 5.92 Å². The van der Waals surface area contributed by atoms with E-state index in [1.165, 1.54) is 19.3 Å². The number of nitrogens with one attached hydrogen (secondary N) is 1. The molecule has 12 heavy (non-hydrogen) atoms. The fraction of sp³-hybridized carbons (Fsp3) is 0.900. The summed E-state index contributed by atoms with van der Waals surface area (Å²) in [6.45, 7) is 4.43. The first-order chi connectivity index (χ1) is 5.75. The van der Waals surface area contributed by atoms with E-state index in [1.54, 1.807) is 0 Å². The lowest BCUT2D eigenvalue weighted by atomic mass is 9.84. The van der Waals surface area contributed by atoms with Gasteiger partial charge in [0.2, 0.25) is 6.41 Å². The largest absolute Gasteiger partial charge is 0.353 e. The monoisotopic (exact) mass is 169 g/mol. The van der Waals surface area contributed by atoms with E-state index >= 15 is 0 Å². The van der Waals surface area contributed by atoms with E-state index in [2.05, 4.69) is 19.2 Å². The molecule has 0 saturated heterocycles. The molecule has 2 unspecified atom stereocenters. The summed E-state index contributed by atoms with van der Waals surface area (Å²) in [6, 6.07) is 0. The minimum Gasteiger partial charge on any atom is -0.353 e. The predicted molar refractivity (Wildman–Crippen MR) is 49.9 cm³/mol. The zero-order valence-corrected chi connectivity index (χ0v) is 8.10. The number of hydrogen-bond acceptors (Lipinski definition) is 1. The average molecular weight is 169 g/mol. The highest BCUT2D eigenvalue weighted by Crippen LogP contribution is 2.38. The first kappa shape index (κ1) is 9.56. The summed E-state index contributed by atoms with van der Waals surface area (Å²) < 4.78 is 0. The van der Waals surface area contributed by atoms with Crippen LogP contribution in [-0.2, 0) is 4.79 Å². The molecule has 0 aliphatic heterocycles. The Kier molecular flexibility index (Phi) is 3.12. The first-order valence-electron chi connectivity index (χ1n) is 4.96. The van der Waals surface area contributed by atoms with Crippen LogP contribution in [0.1, 0.15) is 46.0 Å². The van der Waals surface area contributed by atoms with Gasteiger partial charge in [0.05, 0.1) is 0 Å². The smallest absolute Gasteiger partial charge is 0.207 e. The van der Waals surface area contributed by atoms with Gasteiger partial charge >= 0.3 is 0 Å². The minimum absolute atomic E-state index is 0.135. The Balaban J connectivity index is 2.63. The summed E-state index contributed by atoms with van der Waals surface area (Å²) in [5.41, 5.74) is 0.135. The third kappa shape index (κ3) is 1.62. The Morgan fingerprint density at radius 2 is 2.42 bits per heavy atom.